The lowest BCUT2D eigenvalue weighted by atomic mass is 9.94. The zero-order valence-electron chi connectivity index (χ0n) is 25.5. The zero-order valence-corrected chi connectivity index (χ0v) is 29.6. The van der Waals surface area contributed by atoms with Crippen LogP contribution in [0, 0.1) is 19.8 Å². The topological polar surface area (TPSA) is 37.4 Å². The van der Waals surface area contributed by atoms with Crippen LogP contribution < -0.4 is 4.31 Å². The fraction of sp³-hybridized carbons (Fsp3) is 0.529. The van der Waals surface area contributed by atoms with E-state index in [0.717, 1.165) is 33.2 Å². The summed E-state index contributed by atoms with van der Waals surface area (Å²) in [7, 11) is -3.60. The van der Waals surface area contributed by atoms with Gasteiger partial charge in [-0.25, -0.2) is 8.42 Å². The van der Waals surface area contributed by atoms with Crippen LogP contribution in [0.2, 0.25) is 0 Å². The van der Waals surface area contributed by atoms with Crippen molar-refractivity contribution >= 4 is 61.1 Å². The minimum atomic E-state index is -3.60. The van der Waals surface area contributed by atoms with Gasteiger partial charge in [-0.1, -0.05) is 78.1 Å². The number of fused-ring (bicyclic) bond motifs is 3. The summed E-state index contributed by atoms with van der Waals surface area (Å²) in [4.78, 5) is 9.89. The molecule has 0 aliphatic carbocycles. The average molecular weight is 660 g/mol. The first kappa shape index (κ1) is 32.0. The van der Waals surface area contributed by atoms with E-state index in [9.17, 15) is 8.42 Å². The van der Waals surface area contributed by atoms with E-state index in [1.54, 1.807) is 27.0 Å². The average Bonchev–Trinajstić information content (AvgIpc) is 3.76. The Morgan fingerprint density at radius 1 is 0.643 bits per heavy atom. The molecule has 0 saturated carbocycles. The molecule has 1 aliphatic heterocycles. The van der Waals surface area contributed by atoms with Crippen molar-refractivity contribution < 1.29 is 8.42 Å². The van der Waals surface area contributed by atoms with Gasteiger partial charge in [-0.15, -0.1) is 45.3 Å². The predicted octanol–water partition coefficient (Wildman–Crippen LogP) is 12.4. The van der Waals surface area contributed by atoms with E-state index in [4.69, 9.17) is 0 Å². The maximum Gasteiger partial charge on any atom is 0.265 e. The molecule has 0 amide bonds. The highest BCUT2D eigenvalue weighted by Gasteiger charge is 2.39. The first-order chi connectivity index (χ1) is 20.3. The molecule has 4 aromatic rings. The van der Waals surface area contributed by atoms with Crippen molar-refractivity contribution in [2.45, 2.75) is 110 Å². The molecule has 0 fully saturated rings. The lowest BCUT2D eigenvalue weighted by Crippen LogP contribution is -2.37. The minimum absolute atomic E-state index is 0.385. The van der Waals surface area contributed by atoms with Gasteiger partial charge in [-0.2, -0.15) is 0 Å². The standard InChI is InChI=1S/C34H45NO2S5/c1-5-7-9-11-12-14-16-26(15-13-10-8-6-2)23-35-27-22-31(30-20-19-29(40-30)28-18-17-24(3)38-28)41-33(27)34-32(42(35,36)37)21-25(4)39-34/h17-22,26H,5-16,23H2,1-4H3. The maximum absolute atomic E-state index is 14.2. The minimum Gasteiger partial charge on any atom is -0.264 e. The third-order valence-electron chi connectivity index (χ3n) is 8.26. The number of hydrogen-bond donors (Lipinski definition) is 0. The van der Waals surface area contributed by atoms with Gasteiger partial charge in [0, 0.05) is 35.8 Å². The Labute approximate surface area is 269 Å². The largest absolute Gasteiger partial charge is 0.265 e. The van der Waals surface area contributed by atoms with Crippen LogP contribution in [-0.4, -0.2) is 15.0 Å². The van der Waals surface area contributed by atoms with Crippen molar-refractivity contribution in [1.82, 2.24) is 0 Å². The van der Waals surface area contributed by atoms with Gasteiger partial charge >= 0.3 is 0 Å². The third-order valence-corrected chi connectivity index (χ3v) is 15.0. The van der Waals surface area contributed by atoms with Gasteiger partial charge < -0.3 is 0 Å². The highest BCUT2D eigenvalue weighted by atomic mass is 32.2. The Balaban J connectivity index is 1.43. The van der Waals surface area contributed by atoms with E-state index in [-0.39, 0.29) is 0 Å². The van der Waals surface area contributed by atoms with Crippen molar-refractivity contribution in [3.63, 3.8) is 0 Å². The Bertz CT molecular complexity index is 1550. The number of thiophene rings is 4. The monoisotopic (exact) mass is 659 g/mol. The predicted molar refractivity (Wildman–Crippen MR) is 189 cm³/mol. The highest BCUT2D eigenvalue weighted by Crippen LogP contribution is 2.54. The van der Waals surface area contributed by atoms with E-state index in [2.05, 4.69) is 51.1 Å². The number of unbranched alkanes of at least 4 members (excludes halogenated alkanes) is 8. The highest BCUT2D eigenvalue weighted by molar-refractivity contribution is 7.93. The molecule has 5 heterocycles. The first-order valence-electron chi connectivity index (χ1n) is 15.8. The molecule has 3 nitrogen and oxygen atoms in total. The molecular weight excluding hydrogens is 615 g/mol. The molecule has 1 unspecified atom stereocenters. The number of aryl methyl sites for hydroxylation is 2. The van der Waals surface area contributed by atoms with Crippen molar-refractivity contribution in [1.29, 1.82) is 0 Å². The fourth-order valence-electron chi connectivity index (χ4n) is 5.94. The smallest absolute Gasteiger partial charge is 0.264 e. The summed E-state index contributed by atoms with van der Waals surface area (Å²) in [6.07, 6.45) is 14.8. The van der Waals surface area contributed by atoms with Crippen molar-refractivity contribution in [2.75, 3.05) is 10.8 Å². The lowest BCUT2D eigenvalue weighted by molar-refractivity contribution is 0.411. The first-order valence-corrected chi connectivity index (χ1v) is 20.5. The van der Waals surface area contributed by atoms with Gasteiger partial charge in [-0.3, -0.25) is 4.31 Å². The zero-order chi connectivity index (χ0) is 29.7. The van der Waals surface area contributed by atoms with Crippen LogP contribution in [0.5, 0.6) is 0 Å². The SMILES string of the molecule is CCCCCCCCC(CCCCCC)CN1c2cc(-c3ccc(-c4ccc(C)s4)s3)sc2-c2sc(C)cc2S1(=O)=O. The summed E-state index contributed by atoms with van der Waals surface area (Å²) in [5.74, 6) is 0.385. The molecule has 5 rings (SSSR count). The summed E-state index contributed by atoms with van der Waals surface area (Å²) >= 11 is 7.02. The summed E-state index contributed by atoms with van der Waals surface area (Å²) in [6, 6.07) is 12.9. The lowest BCUT2D eigenvalue weighted by Gasteiger charge is -2.32. The van der Waals surface area contributed by atoms with Gasteiger partial charge in [0.25, 0.3) is 10.0 Å². The number of sulfonamides is 1. The molecule has 0 spiro atoms. The van der Waals surface area contributed by atoms with Crippen molar-refractivity contribution in [3.8, 4) is 29.3 Å². The molecule has 228 valence electrons. The molecular formula is C34H45NO2S5. The van der Waals surface area contributed by atoms with Gasteiger partial charge in [0.05, 0.1) is 15.4 Å². The molecule has 4 aromatic heterocycles. The van der Waals surface area contributed by atoms with Crippen LogP contribution >= 0.6 is 45.3 Å². The van der Waals surface area contributed by atoms with E-state index >= 15 is 0 Å². The second-order valence-electron chi connectivity index (χ2n) is 11.8. The molecule has 1 aliphatic rings. The van der Waals surface area contributed by atoms with Gasteiger partial charge in [-0.05, 0) is 69.0 Å². The van der Waals surface area contributed by atoms with Crippen LogP contribution in [0.1, 0.15) is 101 Å². The van der Waals surface area contributed by atoms with Crippen LogP contribution in [0.25, 0.3) is 29.3 Å². The van der Waals surface area contributed by atoms with Gasteiger partial charge in [0.15, 0.2) is 0 Å². The van der Waals surface area contributed by atoms with E-state index < -0.39 is 10.0 Å². The molecule has 0 saturated heterocycles. The molecule has 1 atom stereocenters. The number of hydrogen-bond acceptors (Lipinski definition) is 6. The second-order valence-corrected chi connectivity index (χ2v) is 18.3. The number of anilines is 1. The Morgan fingerprint density at radius 2 is 1.24 bits per heavy atom. The molecule has 42 heavy (non-hydrogen) atoms. The molecule has 0 bridgehead atoms. The Hall–Kier alpha value is -1.45. The van der Waals surface area contributed by atoms with Crippen LogP contribution in [0.4, 0.5) is 5.69 Å². The van der Waals surface area contributed by atoms with Crippen molar-refractivity contribution in [3.05, 3.63) is 46.2 Å². The molecule has 0 N–H and O–H groups in total. The Kier molecular flexibility index (Phi) is 11.1. The summed E-state index contributed by atoms with van der Waals surface area (Å²) in [5, 5.41) is 0. The van der Waals surface area contributed by atoms with Gasteiger partial charge in [0.1, 0.15) is 4.90 Å². The number of rotatable bonds is 16. The van der Waals surface area contributed by atoms with E-state index in [1.165, 1.54) is 88.6 Å². The fourth-order valence-corrected chi connectivity index (χ4v) is 12.6. The maximum atomic E-state index is 14.2. The Morgan fingerprint density at radius 3 is 1.90 bits per heavy atom. The summed E-state index contributed by atoms with van der Waals surface area (Å²) in [5.41, 5.74) is 0.896. The van der Waals surface area contributed by atoms with Gasteiger partial charge in [0.2, 0.25) is 0 Å². The number of nitrogens with zero attached hydrogens (tertiary/aromatic N) is 1. The normalized spacial score (nSPS) is 14.7. The molecule has 8 heteroatoms. The quantitative estimate of drug-likeness (QED) is 0.112. The second kappa shape index (κ2) is 14.6. The van der Waals surface area contributed by atoms with Crippen LogP contribution in [0.15, 0.2) is 41.3 Å². The van der Waals surface area contributed by atoms with E-state index in [1.807, 2.05) is 35.7 Å². The summed E-state index contributed by atoms with van der Waals surface area (Å²) < 4.78 is 30.2. The summed E-state index contributed by atoms with van der Waals surface area (Å²) in [6.45, 7) is 9.28. The van der Waals surface area contributed by atoms with Crippen LogP contribution in [-0.2, 0) is 10.0 Å². The van der Waals surface area contributed by atoms with E-state index in [0.29, 0.717) is 17.4 Å². The molecule has 0 radical (unpaired) electrons. The van der Waals surface area contributed by atoms with Crippen LogP contribution in [0.3, 0.4) is 0 Å². The molecule has 0 aromatic carbocycles. The third kappa shape index (κ3) is 7.26. The van der Waals surface area contributed by atoms with Crippen molar-refractivity contribution in [2.24, 2.45) is 5.92 Å².